The number of rotatable bonds is 13. The van der Waals surface area contributed by atoms with Crippen molar-refractivity contribution in [3.63, 3.8) is 0 Å². The van der Waals surface area contributed by atoms with E-state index in [1.807, 2.05) is 18.2 Å². The average molecular weight is 384 g/mol. The van der Waals surface area contributed by atoms with Gasteiger partial charge in [-0.1, -0.05) is 68.3 Å². The van der Waals surface area contributed by atoms with Crippen LogP contribution in [0.2, 0.25) is 0 Å². The van der Waals surface area contributed by atoms with Gasteiger partial charge in [0.2, 0.25) is 0 Å². The van der Waals surface area contributed by atoms with E-state index in [9.17, 15) is 4.79 Å². The van der Waals surface area contributed by atoms with Crippen LogP contribution in [0, 0.1) is 0 Å². The van der Waals surface area contributed by atoms with Gasteiger partial charge in [-0.15, -0.1) is 0 Å². The molecule has 5 heteroatoms. The van der Waals surface area contributed by atoms with Crippen LogP contribution in [0.25, 0.3) is 0 Å². The van der Waals surface area contributed by atoms with Crippen LogP contribution in [-0.2, 0) is 6.54 Å². The smallest absolute Gasteiger partial charge is 0.410 e. The first-order chi connectivity index (χ1) is 13.8. The highest BCUT2D eigenvalue weighted by atomic mass is 16.6. The number of ether oxygens (including phenoxy) is 1. The molecule has 0 heterocycles. The lowest BCUT2D eigenvalue weighted by atomic mass is 10.2. The molecule has 0 atom stereocenters. The van der Waals surface area contributed by atoms with Gasteiger partial charge in [-0.05, 0) is 30.7 Å². The van der Waals surface area contributed by atoms with Crippen LogP contribution in [0.1, 0.15) is 31.7 Å². The van der Waals surface area contributed by atoms with E-state index >= 15 is 0 Å². The number of carbonyl (C=O) groups is 1. The van der Waals surface area contributed by atoms with Gasteiger partial charge in [-0.2, -0.15) is 0 Å². The molecule has 2 aromatic carbocycles. The number of carbonyl (C=O) groups excluding carboxylic acids is 1. The third-order valence-corrected chi connectivity index (χ3v) is 4.46. The van der Waals surface area contributed by atoms with Crippen molar-refractivity contribution in [1.82, 2.24) is 15.5 Å². The van der Waals surface area contributed by atoms with Crippen LogP contribution in [0.5, 0.6) is 5.75 Å². The maximum atomic E-state index is 11.7. The Hall–Kier alpha value is -2.37. The van der Waals surface area contributed by atoms with E-state index in [1.165, 1.54) is 24.8 Å². The second kappa shape index (κ2) is 13.7. The van der Waals surface area contributed by atoms with E-state index in [0.29, 0.717) is 12.3 Å². The second-order valence-corrected chi connectivity index (χ2v) is 6.85. The van der Waals surface area contributed by atoms with Gasteiger partial charge in [-0.25, -0.2) is 4.79 Å². The third-order valence-electron chi connectivity index (χ3n) is 4.46. The van der Waals surface area contributed by atoms with Gasteiger partial charge in [0.05, 0.1) is 0 Å². The zero-order valence-corrected chi connectivity index (χ0v) is 16.9. The minimum atomic E-state index is -0.418. The molecule has 0 aromatic heterocycles. The van der Waals surface area contributed by atoms with Gasteiger partial charge in [0.15, 0.2) is 0 Å². The lowest BCUT2D eigenvalue weighted by Gasteiger charge is -2.22. The fraction of sp³-hybridized carbons (Fsp3) is 0.435. The van der Waals surface area contributed by atoms with Crippen molar-refractivity contribution in [3.8, 4) is 5.75 Å². The molecule has 1 amide bonds. The summed E-state index contributed by atoms with van der Waals surface area (Å²) in [5.74, 6) is 0.552. The van der Waals surface area contributed by atoms with Crippen molar-refractivity contribution in [1.29, 1.82) is 0 Å². The summed E-state index contributed by atoms with van der Waals surface area (Å²) in [5, 5.41) is 6.16. The Kier molecular flexibility index (Phi) is 10.8. The number of hydrogen-bond donors (Lipinski definition) is 2. The summed E-state index contributed by atoms with van der Waals surface area (Å²) in [7, 11) is 0. The molecular formula is C23H33N3O2. The van der Waals surface area contributed by atoms with Crippen molar-refractivity contribution in [3.05, 3.63) is 66.2 Å². The zero-order chi connectivity index (χ0) is 19.9. The number of unbranched alkanes of at least 4 members (excludes halogenated alkanes) is 2. The van der Waals surface area contributed by atoms with E-state index in [0.717, 1.165) is 32.7 Å². The molecule has 152 valence electrons. The fourth-order valence-corrected chi connectivity index (χ4v) is 2.94. The summed E-state index contributed by atoms with van der Waals surface area (Å²) in [6.07, 6.45) is 3.32. The second-order valence-electron chi connectivity index (χ2n) is 6.85. The number of nitrogens with one attached hydrogen (secondary N) is 2. The number of nitrogens with zero attached hydrogens (tertiary/aromatic N) is 1. The van der Waals surface area contributed by atoms with E-state index < -0.39 is 6.09 Å². The molecule has 0 spiro atoms. The summed E-state index contributed by atoms with van der Waals surface area (Å²) < 4.78 is 5.19. The van der Waals surface area contributed by atoms with Crippen LogP contribution in [-0.4, -0.2) is 43.7 Å². The fourth-order valence-electron chi connectivity index (χ4n) is 2.94. The highest BCUT2D eigenvalue weighted by Crippen LogP contribution is 2.08. The predicted molar refractivity (Wildman–Crippen MR) is 115 cm³/mol. The Morgan fingerprint density at radius 2 is 1.61 bits per heavy atom. The van der Waals surface area contributed by atoms with Crippen LogP contribution >= 0.6 is 0 Å². The number of hydrogen-bond acceptors (Lipinski definition) is 4. The molecule has 2 rings (SSSR count). The molecular weight excluding hydrogens is 350 g/mol. The predicted octanol–water partition coefficient (Wildman–Crippen LogP) is 4.06. The molecule has 0 saturated heterocycles. The Morgan fingerprint density at radius 1 is 0.893 bits per heavy atom. The Labute approximate surface area is 169 Å². The number of amides is 1. The molecule has 0 aliphatic heterocycles. The van der Waals surface area contributed by atoms with E-state index in [4.69, 9.17) is 4.74 Å². The lowest BCUT2D eigenvalue weighted by Crippen LogP contribution is -2.37. The zero-order valence-electron chi connectivity index (χ0n) is 16.9. The van der Waals surface area contributed by atoms with Gasteiger partial charge in [0.1, 0.15) is 5.75 Å². The SMILES string of the molecule is CCCCCN(CCNCCNC(=O)Oc1ccccc1)Cc1ccccc1. The third kappa shape index (κ3) is 9.53. The van der Waals surface area contributed by atoms with Crippen LogP contribution in [0.4, 0.5) is 4.79 Å². The van der Waals surface area contributed by atoms with E-state index in [2.05, 4.69) is 52.8 Å². The first-order valence-corrected chi connectivity index (χ1v) is 10.3. The number of benzene rings is 2. The van der Waals surface area contributed by atoms with Crippen LogP contribution in [0.15, 0.2) is 60.7 Å². The Bertz CT molecular complexity index is 649. The molecule has 0 radical (unpaired) electrons. The summed E-state index contributed by atoms with van der Waals surface area (Å²) in [5.41, 5.74) is 1.35. The van der Waals surface area contributed by atoms with Gasteiger partial charge in [0.25, 0.3) is 0 Å². The monoisotopic (exact) mass is 383 g/mol. The lowest BCUT2D eigenvalue weighted by molar-refractivity contribution is 0.200. The molecule has 0 saturated carbocycles. The molecule has 5 nitrogen and oxygen atoms in total. The molecule has 2 aromatic rings. The maximum absolute atomic E-state index is 11.7. The van der Waals surface area contributed by atoms with Crippen LogP contribution in [0.3, 0.4) is 0 Å². The van der Waals surface area contributed by atoms with Crippen molar-refractivity contribution < 1.29 is 9.53 Å². The molecule has 0 aliphatic carbocycles. The highest BCUT2D eigenvalue weighted by Gasteiger charge is 2.06. The van der Waals surface area contributed by atoms with Crippen molar-refractivity contribution in [2.24, 2.45) is 0 Å². The molecule has 0 fully saturated rings. The summed E-state index contributed by atoms with van der Waals surface area (Å²) >= 11 is 0. The van der Waals surface area contributed by atoms with E-state index in [1.54, 1.807) is 12.1 Å². The molecule has 2 N–H and O–H groups in total. The minimum Gasteiger partial charge on any atom is -0.410 e. The molecule has 28 heavy (non-hydrogen) atoms. The van der Waals surface area contributed by atoms with Gasteiger partial charge < -0.3 is 15.4 Å². The first-order valence-electron chi connectivity index (χ1n) is 10.3. The number of para-hydroxylation sites is 1. The van der Waals surface area contributed by atoms with Gasteiger partial charge in [-0.3, -0.25) is 4.90 Å². The topological polar surface area (TPSA) is 53.6 Å². The van der Waals surface area contributed by atoms with Gasteiger partial charge in [0, 0.05) is 32.7 Å². The minimum absolute atomic E-state index is 0.418. The standard InChI is InChI=1S/C23H33N3O2/c1-2-3-10-18-26(20-21-11-6-4-7-12-21)19-17-24-15-16-25-23(27)28-22-13-8-5-9-14-22/h4-9,11-14,24H,2-3,10,15-20H2,1H3,(H,25,27). The normalized spacial score (nSPS) is 10.8. The molecule has 0 aliphatic rings. The van der Waals surface area contributed by atoms with Crippen molar-refractivity contribution in [2.75, 3.05) is 32.7 Å². The highest BCUT2D eigenvalue weighted by molar-refractivity contribution is 5.70. The Morgan fingerprint density at radius 3 is 2.32 bits per heavy atom. The van der Waals surface area contributed by atoms with E-state index in [-0.39, 0.29) is 0 Å². The first kappa shape index (κ1) is 21.9. The van der Waals surface area contributed by atoms with Gasteiger partial charge >= 0.3 is 6.09 Å². The quantitative estimate of drug-likeness (QED) is 0.512. The molecule has 0 bridgehead atoms. The largest absolute Gasteiger partial charge is 0.412 e. The summed E-state index contributed by atoms with van der Waals surface area (Å²) in [6, 6.07) is 19.7. The summed E-state index contributed by atoms with van der Waals surface area (Å²) in [4.78, 5) is 14.2. The maximum Gasteiger partial charge on any atom is 0.412 e. The average Bonchev–Trinajstić information content (AvgIpc) is 2.72. The van der Waals surface area contributed by atoms with Crippen molar-refractivity contribution >= 4 is 6.09 Å². The summed E-state index contributed by atoms with van der Waals surface area (Å²) in [6.45, 7) is 7.48. The molecule has 0 unspecified atom stereocenters. The van der Waals surface area contributed by atoms with Crippen molar-refractivity contribution in [2.45, 2.75) is 32.7 Å². The van der Waals surface area contributed by atoms with Crippen LogP contribution < -0.4 is 15.4 Å². The Balaban J connectivity index is 1.60.